The van der Waals surface area contributed by atoms with E-state index in [2.05, 4.69) is 17.1 Å². The molecule has 2 aromatic rings. The molecule has 3 nitrogen and oxygen atoms in total. The topological polar surface area (TPSA) is 32.3 Å². The molecule has 1 unspecified atom stereocenters. The van der Waals surface area contributed by atoms with E-state index in [4.69, 9.17) is 34.8 Å². The maximum Gasteiger partial charge on any atom is 0.255 e. The minimum absolute atomic E-state index is 0.233. The molecule has 0 spiro atoms. The van der Waals surface area contributed by atoms with E-state index < -0.39 is 0 Å². The fourth-order valence-electron chi connectivity index (χ4n) is 3.26. The first-order chi connectivity index (χ1) is 12.4. The van der Waals surface area contributed by atoms with Gasteiger partial charge in [-0.3, -0.25) is 9.69 Å². The normalized spacial score (nSPS) is 17.9. The minimum atomic E-state index is -0.233. The Hall–Kier alpha value is -1.26. The van der Waals surface area contributed by atoms with Crippen LogP contribution in [0.2, 0.25) is 15.1 Å². The predicted molar refractivity (Wildman–Crippen MR) is 110 cm³/mol. The van der Waals surface area contributed by atoms with Crippen LogP contribution < -0.4 is 5.32 Å². The number of likely N-dealkylation sites (tertiary alicyclic amines) is 1. The Labute approximate surface area is 169 Å². The van der Waals surface area contributed by atoms with Gasteiger partial charge in [0, 0.05) is 18.7 Å². The molecule has 1 saturated heterocycles. The van der Waals surface area contributed by atoms with Crippen molar-refractivity contribution in [3.05, 3.63) is 62.6 Å². The summed E-state index contributed by atoms with van der Waals surface area (Å²) >= 11 is 18.0. The maximum absolute atomic E-state index is 12.5. The number of anilines is 1. The summed E-state index contributed by atoms with van der Waals surface area (Å²) in [6, 6.07) is 10.8. The molecule has 1 aliphatic rings. The lowest BCUT2D eigenvalue weighted by atomic mass is 9.99. The van der Waals surface area contributed by atoms with Gasteiger partial charge in [0.2, 0.25) is 0 Å². The van der Waals surface area contributed by atoms with E-state index >= 15 is 0 Å². The molecule has 1 atom stereocenters. The van der Waals surface area contributed by atoms with Gasteiger partial charge in [-0.2, -0.15) is 0 Å². The van der Waals surface area contributed by atoms with Crippen LogP contribution in [0.4, 0.5) is 5.69 Å². The van der Waals surface area contributed by atoms with Crippen LogP contribution >= 0.6 is 34.8 Å². The Balaban J connectivity index is 1.64. The molecule has 1 heterocycles. The molecule has 2 aromatic carbocycles. The maximum atomic E-state index is 12.5. The number of hydrogen-bond acceptors (Lipinski definition) is 2. The smallest absolute Gasteiger partial charge is 0.255 e. The molecule has 1 N–H and O–H groups in total. The van der Waals surface area contributed by atoms with Gasteiger partial charge in [0.15, 0.2) is 0 Å². The Morgan fingerprint density at radius 2 is 1.81 bits per heavy atom. The molecule has 138 valence electrons. The Kier molecular flexibility index (Phi) is 6.46. The van der Waals surface area contributed by atoms with Gasteiger partial charge in [-0.1, -0.05) is 53.9 Å². The highest BCUT2D eigenvalue weighted by atomic mass is 35.5. The van der Waals surface area contributed by atoms with Crippen molar-refractivity contribution in [1.82, 2.24) is 4.90 Å². The summed E-state index contributed by atoms with van der Waals surface area (Å²) in [7, 11) is 0. The first kappa shape index (κ1) is 19.5. The van der Waals surface area contributed by atoms with E-state index in [1.165, 1.54) is 24.5 Å². The van der Waals surface area contributed by atoms with Gasteiger partial charge in [-0.15, -0.1) is 0 Å². The van der Waals surface area contributed by atoms with E-state index in [0.717, 1.165) is 25.6 Å². The lowest BCUT2D eigenvalue weighted by Crippen LogP contribution is -2.33. The molecule has 0 radical (unpaired) electrons. The average Bonchev–Trinajstić information content (AvgIpc) is 2.60. The van der Waals surface area contributed by atoms with Crippen molar-refractivity contribution in [3.8, 4) is 0 Å². The third-order valence-electron chi connectivity index (χ3n) is 4.62. The second-order valence-corrected chi connectivity index (χ2v) is 8.10. The van der Waals surface area contributed by atoms with E-state index in [0.29, 0.717) is 26.3 Å². The van der Waals surface area contributed by atoms with Crippen molar-refractivity contribution in [2.24, 2.45) is 5.92 Å². The van der Waals surface area contributed by atoms with E-state index in [9.17, 15) is 4.79 Å². The Bertz CT molecular complexity index is 792. The number of benzene rings is 2. The standard InChI is InChI=1S/C20H21Cl3N2O/c1-13-3-2-8-25(11-13)12-14-4-6-15(7-5-14)20(26)24-19-10-17(22)16(21)9-18(19)23/h4-7,9-10,13H,2-3,8,11-12H2,1H3,(H,24,26). The average molecular weight is 412 g/mol. The third kappa shape index (κ3) is 4.92. The molecule has 26 heavy (non-hydrogen) atoms. The zero-order valence-electron chi connectivity index (χ0n) is 14.6. The number of rotatable bonds is 4. The van der Waals surface area contributed by atoms with E-state index in [-0.39, 0.29) is 5.91 Å². The lowest BCUT2D eigenvalue weighted by Gasteiger charge is -2.30. The van der Waals surface area contributed by atoms with Gasteiger partial charge in [0.1, 0.15) is 0 Å². The molecule has 0 aromatic heterocycles. The SMILES string of the molecule is CC1CCCN(Cc2ccc(C(=O)Nc3cc(Cl)c(Cl)cc3Cl)cc2)C1. The summed E-state index contributed by atoms with van der Waals surface area (Å²) in [6.07, 6.45) is 2.57. The molecular weight excluding hydrogens is 391 g/mol. The molecule has 1 amide bonds. The molecular formula is C20H21Cl3N2O. The highest BCUT2D eigenvalue weighted by molar-refractivity contribution is 6.44. The van der Waals surface area contributed by atoms with Crippen LogP contribution in [0.5, 0.6) is 0 Å². The number of piperidine rings is 1. The monoisotopic (exact) mass is 410 g/mol. The highest BCUT2D eigenvalue weighted by Gasteiger charge is 2.16. The minimum Gasteiger partial charge on any atom is -0.321 e. The van der Waals surface area contributed by atoms with Gasteiger partial charge < -0.3 is 5.32 Å². The summed E-state index contributed by atoms with van der Waals surface area (Å²) < 4.78 is 0. The van der Waals surface area contributed by atoms with Gasteiger partial charge in [0.25, 0.3) is 5.91 Å². The number of carbonyl (C=O) groups is 1. The number of halogens is 3. The molecule has 0 saturated carbocycles. The summed E-state index contributed by atoms with van der Waals surface area (Å²) in [5.41, 5.74) is 2.23. The Morgan fingerprint density at radius 1 is 1.12 bits per heavy atom. The second-order valence-electron chi connectivity index (χ2n) is 6.88. The fourth-order valence-corrected chi connectivity index (χ4v) is 3.86. The molecule has 1 aliphatic heterocycles. The molecule has 6 heteroatoms. The number of nitrogens with one attached hydrogen (secondary N) is 1. The summed E-state index contributed by atoms with van der Waals surface area (Å²) in [4.78, 5) is 14.9. The summed E-state index contributed by atoms with van der Waals surface area (Å²) in [6.45, 7) is 5.50. The molecule has 0 bridgehead atoms. The Morgan fingerprint density at radius 3 is 2.50 bits per heavy atom. The zero-order chi connectivity index (χ0) is 18.7. The number of carbonyl (C=O) groups excluding carboxylic acids is 1. The molecule has 0 aliphatic carbocycles. The van der Waals surface area contributed by atoms with Crippen molar-refractivity contribution < 1.29 is 4.79 Å². The number of nitrogens with zero attached hydrogens (tertiary/aromatic N) is 1. The van der Waals surface area contributed by atoms with E-state index in [1.807, 2.05) is 24.3 Å². The summed E-state index contributed by atoms with van der Waals surface area (Å²) in [5.74, 6) is 0.521. The first-order valence-electron chi connectivity index (χ1n) is 8.69. The van der Waals surface area contributed by atoms with E-state index in [1.54, 1.807) is 6.07 Å². The largest absolute Gasteiger partial charge is 0.321 e. The highest BCUT2D eigenvalue weighted by Crippen LogP contribution is 2.32. The van der Waals surface area contributed by atoms with Crippen LogP contribution in [0.1, 0.15) is 35.7 Å². The molecule has 3 rings (SSSR count). The molecule has 1 fully saturated rings. The lowest BCUT2D eigenvalue weighted by molar-refractivity contribution is 0.102. The van der Waals surface area contributed by atoms with Crippen LogP contribution in [-0.2, 0) is 6.54 Å². The summed E-state index contributed by atoms with van der Waals surface area (Å²) in [5, 5.41) is 3.83. The first-order valence-corrected chi connectivity index (χ1v) is 9.83. The van der Waals surface area contributed by atoms with Crippen molar-refractivity contribution in [2.45, 2.75) is 26.3 Å². The van der Waals surface area contributed by atoms with Gasteiger partial charge in [0.05, 0.1) is 20.8 Å². The van der Waals surface area contributed by atoms with Gasteiger partial charge >= 0.3 is 0 Å². The van der Waals surface area contributed by atoms with Crippen molar-refractivity contribution >= 4 is 46.4 Å². The van der Waals surface area contributed by atoms with Crippen LogP contribution in [0.25, 0.3) is 0 Å². The van der Waals surface area contributed by atoms with Crippen molar-refractivity contribution in [3.63, 3.8) is 0 Å². The number of hydrogen-bond donors (Lipinski definition) is 1. The fraction of sp³-hybridized carbons (Fsp3) is 0.350. The van der Waals surface area contributed by atoms with Crippen molar-refractivity contribution in [1.29, 1.82) is 0 Å². The zero-order valence-corrected chi connectivity index (χ0v) is 16.8. The quantitative estimate of drug-likeness (QED) is 0.614. The second kappa shape index (κ2) is 8.62. The van der Waals surface area contributed by atoms with Crippen LogP contribution in [0.3, 0.4) is 0 Å². The van der Waals surface area contributed by atoms with Crippen LogP contribution in [-0.4, -0.2) is 23.9 Å². The number of amides is 1. The van der Waals surface area contributed by atoms with Crippen LogP contribution in [0.15, 0.2) is 36.4 Å². The van der Waals surface area contributed by atoms with Gasteiger partial charge in [-0.05, 0) is 55.1 Å². The van der Waals surface area contributed by atoms with Crippen molar-refractivity contribution in [2.75, 3.05) is 18.4 Å². The van der Waals surface area contributed by atoms with Gasteiger partial charge in [-0.25, -0.2) is 0 Å². The third-order valence-corrected chi connectivity index (χ3v) is 5.66. The predicted octanol–water partition coefficient (Wildman–Crippen LogP) is 6.13. The van der Waals surface area contributed by atoms with Crippen LogP contribution in [0, 0.1) is 5.92 Å².